The van der Waals surface area contributed by atoms with Crippen LogP contribution < -0.4 is 10.1 Å². The van der Waals surface area contributed by atoms with Crippen molar-refractivity contribution in [3.8, 4) is 5.75 Å². The van der Waals surface area contributed by atoms with E-state index >= 15 is 0 Å². The van der Waals surface area contributed by atoms with Crippen LogP contribution in [0.3, 0.4) is 0 Å². The molecule has 0 saturated heterocycles. The van der Waals surface area contributed by atoms with Gasteiger partial charge in [-0.15, -0.1) is 0 Å². The number of para-hydroxylation sites is 2. The van der Waals surface area contributed by atoms with Gasteiger partial charge in [0, 0.05) is 12.1 Å². The molecular formula is C19H21NO2. The Morgan fingerprint density at radius 2 is 1.77 bits per heavy atom. The van der Waals surface area contributed by atoms with Gasteiger partial charge in [0.25, 0.3) is 5.91 Å². The van der Waals surface area contributed by atoms with Crippen molar-refractivity contribution in [2.24, 2.45) is 0 Å². The molecule has 3 rings (SSSR count). The first kappa shape index (κ1) is 14.6. The molecule has 1 heterocycles. The van der Waals surface area contributed by atoms with Crippen LogP contribution >= 0.6 is 0 Å². The zero-order chi connectivity index (χ0) is 15.5. The number of carbonyl (C=O) groups excluding carboxylic acids is 1. The SMILES string of the molecule is CCc1cccc(CC)c1NC(=O)C1Cc2ccccc2O1. The van der Waals surface area contributed by atoms with E-state index in [1.165, 1.54) is 11.1 Å². The van der Waals surface area contributed by atoms with Crippen LogP contribution in [0, 0.1) is 0 Å². The number of ether oxygens (including phenoxy) is 1. The lowest BCUT2D eigenvalue weighted by molar-refractivity contribution is -0.122. The molecule has 2 aromatic rings. The number of aryl methyl sites for hydroxylation is 2. The largest absolute Gasteiger partial charge is 0.480 e. The van der Waals surface area contributed by atoms with Crippen molar-refractivity contribution in [2.75, 3.05) is 5.32 Å². The first-order chi connectivity index (χ1) is 10.7. The van der Waals surface area contributed by atoms with Gasteiger partial charge >= 0.3 is 0 Å². The van der Waals surface area contributed by atoms with E-state index in [2.05, 4.69) is 37.4 Å². The van der Waals surface area contributed by atoms with E-state index in [0.29, 0.717) is 6.42 Å². The molecule has 0 aliphatic carbocycles. The number of hydrogen-bond donors (Lipinski definition) is 1. The maximum atomic E-state index is 12.6. The quantitative estimate of drug-likeness (QED) is 0.933. The van der Waals surface area contributed by atoms with Crippen molar-refractivity contribution >= 4 is 11.6 Å². The molecule has 0 spiro atoms. The van der Waals surface area contributed by atoms with Gasteiger partial charge in [-0.05, 0) is 35.6 Å². The molecule has 22 heavy (non-hydrogen) atoms. The van der Waals surface area contributed by atoms with Gasteiger partial charge in [0.2, 0.25) is 0 Å². The third kappa shape index (κ3) is 2.71. The van der Waals surface area contributed by atoms with Gasteiger partial charge in [-0.2, -0.15) is 0 Å². The Labute approximate surface area is 131 Å². The zero-order valence-corrected chi connectivity index (χ0v) is 13.1. The zero-order valence-electron chi connectivity index (χ0n) is 13.1. The molecule has 0 aromatic heterocycles. The van der Waals surface area contributed by atoms with E-state index in [9.17, 15) is 4.79 Å². The van der Waals surface area contributed by atoms with Crippen molar-refractivity contribution in [3.05, 3.63) is 59.2 Å². The molecule has 1 unspecified atom stereocenters. The minimum atomic E-state index is -0.438. The molecule has 1 atom stereocenters. The van der Waals surface area contributed by atoms with Gasteiger partial charge < -0.3 is 10.1 Å². The van der Waals surface area contributed by atoms with Crippen LogP contribution in [0.15, 0.2) is 42.5 Å². The highest BCUT2D eigenvalue weighted by molar-refractivity contribution is 5.96. The smallest absolute Gasteiger partial charge is 0.265 e. The fraction of sp³-hybridized carbons (Fsp3) is 0.316. The summed E-state index contributed by atoms with van der Waals surface area (Å²) in [6.45, 7) is 4.21. The summed E-state index contributed by atoms with van der Waals surface area (Å²) in [5, 5.41) is 3.09. The molecule has 0 bridgehead atoms. The second-order valence-electron chi connectivity index (χ2n) is 5.57. The standard InChI is InChI=1S/C19H21NO2/c1-3-13-9-7-10-14(4-2)18(13)20-19(21)17-12-15-8-5-6-11-16(15)22-17/h5-11,17H,3-4,12H2,1-2H3,(H,20,21). The lowest BCUT2D eigenvalue weighted by atomic mass is 10.0. The highest BCUT2D eigenvalue weighted by Crippen LogP contribution is 2.29. The highest BCUT2D eigenvalue weighted by Gasteiger charge is 2.29. The Morgan fingerprint density at radius 1 is 1.09 bits per heavy atom. The number of benzene rings is 2. The Kier molecular flexibility index (Phi) is 4.14. The Bertz CT molecular complexity index is 646. The second kappa shape index (κ2) is 6.22. The number of rotatable bonds is 4. The van der Waals surface area contributed by atoms with Crippen LogP contribution in [0.1, 0.15) is 30.5 Å². The van der Waals surface area contributed by atoms with Crippen LogP contribution in [0.25, 0.3) is 0 Å². The molecule has 1 amide bonds. The van der Waals surface area contributed by atoms with Crippen molar-refractivity contribution in [1.82, 2.24) is 0 Å². The van der Waals surface area contributed by atoms with Crippen LogP contribution in [-0.4, -0.2) is 12.0 Å². The minimum absolute atomic E-state index is 0.0631. The van der Waals surface area contributed by atoms with Gasteiger partial charge in [-0.3, -0.25) is 4.79 Å². The third-order valence-electron chi connectivity index (χ3n) is 4.19. The van der Waals surface area contributed by atoms with Crippen LogP contribution in [0.2, 0.25) is 0 Å². The molecule has 1 aliphatic rings. The average molecular weight is 295 g/mol. The highest BCUT2D eigenvalue weighted by atomic mass is 16.5. The van der Waals surface area contributed by atoms with E-state index in [-0.39, 0.29) is 5.91 Å². The molecular weight excluding hydrogens is 274 g/mol. The second-order valence-corrected chi connectivity index (χ2v) is 5.57. The maximum absolute atomic E-state index is 12.6. The summed E-state index contributed by atoms with van der Waals surface area (Å²) >= 11 is 0. The first-order valence-electron chi connectivity index (χ1n) is 7.89. The molecule has 0 radical (unpaired) electrons. The third-order valence-corrected chi connectivity index (χ3v) is 4.19. The van der Waals surface area contributed by atoms with E-state index in [0.717, 1.165) is 29.8 Å². The summed E-state index contributed by atoms with van der Waals surface area (Å²) in [6.07, 6.45) is 1.99. The van der Waals surface area contributed by atoms with Gasteiger partial charge in [-0.1, -0.05) is 50.2 Å². The molecule has 0 fully saturated rings. The van der Waals surface area contributed by atoms with Crippen LogP contribution in [-0.2, 0) is 24.1 Å². The van der Waals surface area contributed by atoms with Crippen molar-refractivity contribution in [3.63, 3.8) is 0 Å². The number of carbonyl (C=O) groups is 1. The van der Waals surface area contributed by atoms with E-state index in [1.54, 1.807) is 0 Å². The summed E-state index contributed by atoms with van der Waals surface area (Å²) in [7, 11) is 0. The van der Waals surface area contributed by atoms with Gasteiger partial charge in [-0.25, -0.2) is 0 Å². The van der Waals surface area contributed by atoms with Gasteiger partial charge in [0.1, 0.15) is 5.75 Å². The lowest BCUT2D eigenvalue weighted by Crippen LogP contribution is -2.32. The number of nitrogens with one attached hydrogen (secondary N) is 1. The van der Waals surface area contributed by atoms with Gasteiger partial charge in [0.15, 0.2) is 6.10 Å². The topological polar surface area (TPSA) is 38.3 Å². The monoisotopic (exact) mass is 295 g/mol. The van der Waals surface area contributed by atoms with Crippen molar-refractivity contribution in [1.29, 1.82) is 0 Å². The summed E-state index contributed by atoms with van der Waals surface area (Å²) in [5.41, 5.74) is 4.39. The summed E-state index contributed by atoms with van der Waals surface area (Å²) in [6, 6.07) is 14.0. The normalized spacial score (nSPS) is 16.0. The van der Waals surface area contributed by atoms with Gasteiger partial charge in [0.05, 0.1) is 0 Å². The predicted octanol–water partition coefficient (Wildman–Crippen LogP) is 3.75. The molecule has 114 valence electrons. The molecule has 0 saturated carbocycles. The average Bonchev–Trinajstić information content (AvgIpc) is 2.99. The van der Waals surface area contributed by atoms with Crippen LogP contribution in [0.4, 0.5) is 5.69 Å². The summed E-state index contributed by atoms with van der Waals surface area (Å²) in [4.78, 5) is 12.6. The lowest BCUT2D eigenvalue weighted by Gasteiger charge is -2.17. The fourth-order valence-electron chi connectivity index (χ4n) is 2.94. The summed E-state index contributed by atoms with van der Waals surface area (Å²) in [5.74, 6) is 0.758. The Morgan fingerprint density at radius 3 is 2.41 bits per heavy atom. The number of anilines is 1. The molecule has 3 nitrogen and oxygen atoms in total. The number of amides is 1. The van der Waals surface area contributed by atoms with E-state index in [1.807, 2.05) is 24.3 Å². The number of fused-ring (bicyclic) bond motifs is 1. The van der Waals surface area contributed by atoms with Crippen molar-refractivity contribution in [2.45, 2.75) is 39.2 Å². The Hall–Kier alpha value is -2.29. The predicted molar refractivity (Wildman–Crippen MR) is 88.4 cm³/mol. The fourth-order valence-corrected chi connectivity index (χ4v) is 2.94. The van der Waals surface area contributed by atoms with Crippen LogP contribution in [0.5, 0.6) is 5.75 Å². The van der Waals surface area contributed by atoms with Crippen molar-refractivity contribution < 1.29 is 9.53 Å². The minimum Gasteiger partial charge on any atom is -0.480 e. The van der Waals surface area contributed by atoms with E-state index in [4.69, 9.17) is 4.74 Å². The molecule has 3 heteroatoms. The van der Waals surface area contributed by atoms with E-state index < -0.39 is 6.10 Å². The Balaban J connectivity index is 1.79. The molecule has 1 aliphatic heterocycles. The number of hydrogen-bond acceptors (Lipinski definition) is 2. The molecule has 1 N–H and O–H groups in total. The molecule has 2 aromatic carbocycles. The first-order valence-corrected chi connectivity index (χ1v) is 7.89. The maximum Gasteiger partial charge on any atom is 0.265 e. The summed E-state index contributed by atoms with van der Waals surface area (Å²) < 4.78 is 5.78.